The van der Waals surface area contributed by atoms with E-state index >= 15 is 0 Å². The Morgan fingerprint density at radius 3 is 2.00 bits per heavy atom. The Bertz CT molecular complexity index is 370. The van der Waals surface area contributed by atoms with Crippen LogP contribution in [0.25, 0.3) is 0 Å². The summed E-state index contributed by atoms with van der Waals surface area (Å²) in [7, 11) is 0. The van der Waals surface area contributed by atoms with Crippen LogP contribution in [-0.2, 0) is 0 Å². The molecule has 2 aromatic rings. The second-order valence-corrected chi connectivity index (χ2v) is 3.60. The van der Waals surface area contributed by atoms with Gasteiger partial charge in [0.1, 0.15) is 11.5 Å². The van der Waals surface area contributed by atoms with Crippen molar-refractivity contribution in [3.05, 3.63) is 60.7 Å². The fourth-order valence-electron chi connectivity index (χ4n) is 1.42. The predicted molar refractivity (Wildman–Crippen MR) is 67.3 cm³/mol. The van der Waals surface area contributed by atoms with Crippen LogP contribution in [0.15, 0.2) is 54.6 Å². The molecule has 2 heteroatoms. The third-order valence-electron chi connectivity index (χ3n) is 2.26. The highest BCUT2D eigenvalue weighted by Gasteiger charge is 1.94. The topological polar surface area (TPSA) is 18.5 Å². The Kier molecular flexibility index (Phi) is 4.46. The first kappa shape index (κ1) is 11.5. The molecule has 0 unspecified atom stereocenters. The molecule has 0 saturated carbocycles. The van der Waals surface area contributed by atoms with Gasteiger partial charge >= 0.3 is 0 Å². The first-order valence-electron chi connectivity index (χ1n) is 5.72. The highest BCUT2D eigenvalue weighted by molar-refractivity contribution is 5.21. The zero-order valence-electron chi connectivity index (χ0n) is 9.63. The van der Waals surface area contributed by atoms with Crippen LogP contribution in [0, 0.1) is 6.07 Å². The second kappa shape index (κ2) is 6.59. The molecule has 0 bridgehead atoms. The van der Waals surface area contributed by atoms with Crippen molar-refractivity contribution in [3.8, 4) is 11.5 Å². The van der Waals surface area contributed by atoms with E-state index in [0.29, 0.717) is 13.2 Å². The minimum absolute atomic E-state index is 0.664. The first-order chi connectivity index (χ1) is 8.45. The molecule has 2 nitrogen and oxygen atoms in total. The summed E-state index contributed by atoms with van der Waals surface area (Å²) < 4.78 is 11.1. The number of para-hydroxylation sites is 1. The highest BCUT2D eigenvalue weighted by Crippen LogP contribution is 2.10. The van der Waals surface area contributed by atoms with E-state index in [4.69, 9.17) is 9.47 Å². The predicted octanol–water partition coefficient (Wildman–Crippen LogP) is 3.33. The molecule has 0 aliphatic carbocycles. The van der Waals surface area contributed by atoms with Gasteiger partial charge in [0.25, 0.3) is 0 Å². The zero-order valence-corrected chi connectivity index (χ0v) is 9.63. The summed E-state index contributed by atoms with van der Waals surface area (Å²) in [4.78, 5) is 0. The Morgan fingerprint density at radius 2 is 1.35 bits per heavy atom. The van der Waals surface area contributed by atoms with Gasteiger partial charge < -0.3 is 9.47 Å². The fraction of sp³-hybridized carbons (Fsp3) is 0.200. The molecule has 87 valence electrons. The van der Waals surface area contributed by atoms with Crippen molar-refractivity contribution >= 4 is 0 Å². The van der Waals surface area contributed by atoms with E-state index in [0.717, 1.165) is 17.9 Å². The minimum Gasteiger partial charge on any atom is -0.493 e. The minimum atomic E-state index is 0.664. The molecule has 1 radical (unpaired) electrons. The van der Waals surface area contributed by atoms with Gasteiger partial charge in [0.15, 0.2) is 0 Å². The molecule has 0 fully saturated rings. The smallest absolute Gasteiger partial charge is 0.119 e. The van der Waals surface area contributed by atoms with Crippen molar-refractivity contribution < 1.29 is 9.47 Å². The largest absolute Gasteiger partial charge is 0.493 e. The lowest BCUT2D eigenvalue weighted by Crippen LogP contribution is -2.04. The fourth-order valence-corrected chi connectivity index (χ4v) is 1.42. The average Bonchev–Trinajstić information content (AvgIpc) is 2.41. The third-order valence-corrected chi connectivity index (χ3v) is 2.26. The Labute approximate surface area is 102 Å². The van der Waals surface area contributed by atoms with E-state index in [1.165, 1.54) is 0 Å². The molecule has 0 heterocycles. The van der Waals surface area contributed by atoms with Crippen LogP contribution < -0.4 is 9.47 Å². The number of ether oxygens (including phenoxy) is 2. The van der Waals surface area contributed by atoms with Gasteiger partial charge in [-0.1, -0.05) is 30.3 Å². The molecular formula is C15H15O2. The summed E-state index contributed by atoms with van der Waals surface area (Å²) in [5, 5.41) is 0. The number of hydrogen-bond donors (Lipinski definition) is 0. The average molecular weight is 227 g/mol. The van der Waals surface area contributed by atoms with Crippen LogP contribution >= 0.6 is 0 Å². The molecule has 0 atom stereocenters. The molecule has 0 saturated heterocycles. The maximum Gasteiger partial charge on any atom is 0.119 e. The Hall–Kier alpha value is -1.96. The normalized spacial score (nSPS) is 9.88. The molecule has 0 N–H and O–H groups in total. The standard InChI is InChI=1S/C15H15O2/c1-3-8-14(9-4-1)16-12-7-13-17-15-10-5-2-6-11-15/h1,3-6,8-11H,7,12-13H2. The summed E-state index contributed by atoms with van der Waals surface area (Å²) >= 11 is 0. The number of benzene rings is 2. The lowest BCUT2D eigenvalue weighted by atomic mass is 10.3. The van der Waals surface area contributed by atoms with Gasteiger partial charge in [0, 0.05) is 6.42 Å². The molecule has 2 aromatic carbocycles. The highest BCUT2D eigenvalue weighted by atomic mass is 16.5. The first-order valence-corrected chi connectivity index (χ1v) is 5.72. The molecule has 0 spiro atoms. The molecule has 2 rings (SSSR count). The summed E-state index contributed by atoms with van der Waals surface area (Å²) in [6, 6.07) is 20.2. The SMILES string of the molecule is [c]1ccc(OCCCOc2ccccc2)cc1. The summed E-state index contributed by atoms with van der Waals surface area (Å²) in [6.07, 6.45) is 0.869. The Balaban J connectivity index is 1.61. The molecule has 17 heavy (non-hydrogen) atoms. The van der Waals surface area contributed by atoms with E-state index in [1.54, 1.807) is 0 Å². The van der Waals surface area contributed by atoms with Crippen LogP contribution in [0.5, 0.6) is 11.5 Å². The van der Waals surface area contributed by atoms with Crippen molar-refractivity contribution in [2.24, 2.45) is 0 Å². The molecule has 0 aliphatic rings. The monoisotopic (exact) mass is 227 g/mol. The lowest BCUT2D eigenvalue weighted by molar-refractivity contribution is 0.247. The van der Waals surface area contributed by atoms with Gasteiger partial charge in [-0.2, -0.15) is 0 Å². The quantitative estimate of drug-likeness (QED) is 0.705. The van der Waals surface area contributed by atoms with E-state index in [2.05, 4.69) is 6.07 Å². The molecule has 0 aliphatic heterocycles. The summed E-state index contributed by atoms with van der Waals surface area (Å²) in [6.45, 7) is 1.33. The van der Waals surface area contributed by atoms with Crippen molar-refractivity contribution in [1.82, 2.24) is 0 Å². The second-order valence-electron chi connectivity index (χ2n) is 3.60. The van der Waals surface area contributed by atoms with Gasteiger partial charge in [0.2, 0.25) is 0 Å². The number of hydrogen-bond acceptors (Lipinski definition) is 2. The van der Waals surface area contributed by atoms with Gasteiger partial charge in [-0.15, -0.1) is 0 Å². The van der Waals surface area contributed by atoms with Crippen LogP contribution in [0.3, 0.4) is 0 Å². The maximum absolute atomic E-state index is 5.56. The third kappa shape index (κ3) is 4.19. The molecule has 0 aromatic heterocycles. The zero-order chi connectivity index (χ0) is 11.8. The van der Waals surface area contributed by atoms with E-state index in [1.807, 2.05) is 54.6 Å². The van der Waals surface area contributed by atoms with E-state index in [-0.39, 0.29) is 0 Å². The van der Waals surface area contributed by atoms with Crippen LogP contribution in [-0.4, -0.2) is 13.2 Å². The van der Waals surface area contributed by atoms with E-state index in [9.17, 15) is 0 Å². The molecule has 0 amide bonds. The van der Waals surface area contributed by atoms with Crippen molar-refractivity contribution in [1.29, 1.82) is 0 Å². The summed E-state index contributed by atoms with van der Waals surface area (Å²) in [5.74, 6) is 1.78. The van der Waals surface area contributed by atoms with Gasteiger partial charge in [0.05, 0.1) is 13.2 Å². The number of rotatable bonds is 6. The Morgan fingerprint density at radius 1 is 0.765 bits per heavy atom. The van der Waals surface area contributed by atoms with Crippen LogP contribution in [0.2, 0.25) is 0 Å². The lowest BCUT2D eigenvalue weighted by Gasteiger charge is -2.07. The van der Waals surface area contributed by atoms with Crippen molar-refractivity contribution in [2.75, 3.05) is 13.2 Å². The van der Waals surface area contributed by atoms with Gasteiger partial charge in [-0.25, -0.2) is 0 Å². The van der Waals surface area contributed by atoms with Gasteiger partial charge in [-0.3, -0.25) is 0 Å². The summed E-state index contributed by atoms with van der Waals surface area (Å²) in [5.41, 5.74) is 0. The van der Waals surface area contributed by atoms with Crippen molar-refractivity contribution in [2.45, 2.75) is 6.42 Å². The van der Waals surface area contributed by atoms with Crippen molar-refractivity contribution in [3.63, 3.8) is 0 Å². The van der Waals surface area contributed by atoms with E-state index < -0.39 is 0 Å². The van der Waals surface area contributed by atoms with Crippen LogP contribution in [0.4, 0.5) is 0 Å². The van der Waals surface area contributed by atoms with Gasteiger partial charge in [-0.05, 0) is 30.3 Å². The maximum atomic E-state index is 5.56. The molecular weight excluding hydrogens is 212 g/mol. The van der Waals surface area contributed by atoms with Crippen LogP contribution in [0.1, 0.15) is 6.42 Å².